The zero-order valence-corrected chi connectivity index (χ0v) is 14.6. The number of fused-ring (bicyclic) bond motifs is 1. The van der Waals surface area contributed by atoms with Crippen LogP contribution in [0.4, 0.5) is 0 Å². The summed E-state index contributed by atoms with van der Waals surface area (Å²) in [5, 5.41) is 0. The summed E-state index contributed by atoms with van der Waals surface area (Å²) in [6, 6.07) is 6.11. The van der Waals surface area contributed by atoms with Gasteiger partial charge in [-0.05, 0) is 23.8 Å². The Balaban J connectivity index is 1.29. The third kappa shape index (κ3) is 3.88. The summed E-state index contributed by atoms with van der Waals surface area (Å²) in [6.07, 6.45) is 6.70. The first-order valence-electron chi connectivity index (χ1n) is 8.85. The molecule has 1 fully saturated rings. The summed E-state index contributed by atoms with van der Waals surface area (Å²) < 4.78 is 11.2. The zero-order valence-electron chi connectivity index (χ0n) is 14.6. The van der Waals surface area contributed by atoms with Crippen molar-refractivity contribution < 1.29 is 14.3 Å². The highest BCUT2D eigenvalue weighted by molar-refractivity contribution is 5.91. The van der Waals surface area contributed by atoms with Gasteiger partial charge in [-0.3, -0.25) is 9.69 Å². The lowest BCUT2D eigenvalue weighted by molar-refractivity contribution is -0.127. The Morgan fingerprint density at radius 2 is 1.96 bits per heavy atom. The predicted molar refractivity (Wildman–Crippen MR) is 96.9 cm³/mol. The van der Waals surface area contributed by atoms with Gasteiger partial charge in [0.25, 0.3) is 0 Å². The van der Waals surface area contributed by atoms with Crippen molar-refractivity contribution in [3.63, 3.8) is 0 Å². The van der Waals surface area contributed by atoms with Crippen molar-refractivity contribution in [2.45, 2.75) is 6.54 Å². The van der Waals surface area contributed by atoms with Crippen LogP contribution in [-0.2, 0) is 11.3 Å². The highest BCUT2D eigenvalue weighted by Crippen LogP contribution is 2.31. The Kier molecular flexibility index (Phi) is 4.88. The van der Waals surface area contributed by atoms with E-state index in [-0.39, 0.29) is 5.91 Å². The Hall–Kier alpha value is -2.80. The third-order valence-corrected chi connectivity index (χ3v) is 4.60. The van der Waals surface area contributed by atoms with Crippen LogP contribution >= 0.6 is 0 Å². The quantitative estimate of drug-likeness (QED) is 0.844. The minimum Gasteiger partial charge on any atom is -0.486 e. The van der Waals surface area contributed by atoms with E-state index < -0.39 is 0 Å². The molecule has 1 aromatic heterocycles. The molecule has 1 saturated heterocycles. The normalized spacial score (nSPS) is 17.6. The molecule has 0 atom stereocenters. The predicted octanol–water partition coefficient (Wildman–Crippen LogP) is 1.54. The number of nitrogens with zero attached hydrogens (tertiary/aromatic N) is 3. The average Bonchev–Trinajstić information content (AvgIpc) is 3.20. The highest BCUT2D eigenvalue weighted by atomic mass is 16.6. The molecule has 0 bridgehead atoms. The second-order valence-corrected chi connectivity index (χ2v) is 6.39. The van der Waals surface area contributed by atoms with Crippen LogP contribution in [0, 0.1) is 0 Å². The molecule has 0 unspecified atom stereocenters. The van der Waals surface area contributed by atoms with E-state index >= 15 is 0 Å². The van der Waals surface area contributed by atoms with Gasteiger partial charge in [-0.25, -0.2) is 4.98 Å². The van der Waals surface area contributed by atoms with Gasteiger partial charge >= 0.3 is 0 Å². The van der Waals surface area contributed by atoms with Crippen molar-refractivity contribution in [1.29, 1.82) is 0 Å². The maximum atomic E-state index is 12.3. The van der Waals surface area contributed by atoms with Crippen LogP contribution in [0.15, 0.2) is 36.7 Å². The first-order chi connectivity index (χ1) is 12.8. The van der Waals surface area contributed by atoms with E-state index in [4.69, 9.17) is 9.47 Å². The van der Waals surface area contributed by atoms with Crippen LogP contribution in [-0.4, -0.2) is 65.1 Å². The molecular weight excluding hydrogens is 332 g/mol. The molecule has 1 N–H and O–H groups in total. The van der Waals surface area contributed by atoms with Gasteiger partial charge in [0.1, 0.15) is 19.0 Å². The maximum absolute atomic E-state index is 12.3. The van der Waals surface area contributed by atoms with Gasteiger partial charge in [-0.2, -0.15) is 0 Å². The molecule has 0 radical (unpaired) electrons. The number of rotatable bonds is 4. The van der Waals surface area contributed by atoms with Crippen molar-refractivity contribution in [2.75, 3.05) is 39.4 Å². The fraction of sp³-hybridized carbons (Fsp3) is 0.368. The minimum absolute atomic E-state index is 0.0281. The van der Waals surface area contributed by atoms with Gasteiger partial charge in [0.2, 0.25) is 5.91 Å². The number of aromatic amines is 1. The average molecular weight is 354 g/mol. The van der Waals surface area contributed by atoms with Crippen LogP contribution in [0.25, 0.3) is 6.08 Å². The number of nitrogens with one attached hydrogen (secondary N) is 1. The molecule has 1 amide bonds. The number of hydrogen-bond acceptors (Lipinski definition) is 5. The fourth-order valence-electron chi connectivity index (χ4n) is 3.19. The van der Waals surface area contributed by atoms with Gasteiger partial charge in [-0.15, -0.1) is 0 Å². The van der Waals surface area contributed by atoms with E-state index in [0.717, 1.165) is 44.2 Å². The van der Waals surface area contributed by atoms with Crippen LogP contribution < -0.4 is 9.47 Å². The van der Waals surface area contributed by atoms with Gasteiger partial charge in [0.05, 0.1) is 0 Å². The number of H-pyrrole nitrogens is 1. The lowest BCUT2D eigenvalue weighted by Gasteiger charge is -2.34. The van der Waals surface area contributed by atoms with Crippen molar-refractivity contribution in [1.82, 2.24) is 19.8 Å². The second kappa shape index (κ2) is 7.61. The van der Waals surface area contributed by atoms with E-state index in [0.29, 0.717) is 19.0 Å². The first-order valence-corrected chi connectivity index (χ1v) is 8.85. The van der Waals surface area contributed by atoms with Crippen LogP contribution in [0.5, 0.6) is 11.5 Å². The molecule has 0 aliphatic carbocycles. The summed E-state index contributed by atoms with van der Waals surface area (Å²) >= 11 is 0. The van der Waals surface area contributed by atoms with Gasteiger partial charge in [0, 0.05) is 51.2 Å². The van der Waals surface area contributed by atoms with E-state index in [9.17, 15) is 4.79 Å². The number of ether oxygens (including phenoxy) is 2. The third-order valence-electron chi connectivity index (χ3n) is 4.60. The summed E-state index contributed by atoms with van der Waals surface area (Å²) in [6.45, 7) is 5.22. The highest BCUT2D eigenvalue weighted by Gasteiger charge is 2.20. The molecule has 2 aliphatic heterocycles. The zero-order chi connectivity index (χ0) is 17.8. The standard InChI is InChI=1S/C19H22N4O3/c24-19(4-3-18-20-5-6-21-18)23-9-7-22(8-10-23)14-15-1-2-16-17(13-15)26-12-11-25-16/h1-6,13H,7-12,14H2,(H,20,21)/b4-3+. The Morgan fingerprint density at radius 1 is 1.15 bits per heavy atom. The molecule has 4 rings (SSSR count). The number of imidazole rings is 1. The fourth-order valence-corrected chi connectivity index (χ4v) is 3.19. The van der Waals surface area contributed by atoms with Crippen LogP contribution in [0.1, 0.15) is 11.4 Å². The van der Waals surface area contributed by atoms with Crippen molar-refractivity contribution in [3.8, 4) is 11.5 Å². The summed E-state index contributed by atoms with van der Waals surface area (Å²) in [5.41, 5.74) is 1.20. The van der Waals surface area contributed by atoms with Crippen molar-refractivity contribution in [2.24, 2.45) is 0 Å². The van der Waals surface area contributed by atoms with E-state index in [1.807, 2.05) is 11.0 Å². The largest absolute Gasteiger partial charge is 0.486 e. The Labute approximate surface area is 152 Å². The molecular formula is C19H22N4O3. The number of amides is 1. The molecule has 0 saturated carbocycles. The molecule has 2 aromatic rings. The van der Waals surface area contributed by atoms with Gasteiger partial charge in [0.15, 0.2) is 11.5 Å². The number of carbonyl (C=O) groups is 1. The molecule has 7 heteroatoms. The molecule has 26 heavy (non-hydrogen) atoms. The molecule has 3 heterocycles. The molecule has 136 valence electrons. The van der Waals surface area contributed by atoms with Gasteiger partial charge in [-0.1, -0.05) is 6.07 Å². The number of piperazine rings is 1. The number of aromatic nitrogens is 2. The summed E-state index contributed by atoms with van der Waals surface area (Å²) in [5.74, 6) is 2.36. The number of carbonyl (C=O) groups excluding carboxylic acids is 1. The van der Waals surface area contributed by atoms with Gasteiger partial charge < -0.3 is 19.4 Å². The topological polar surface area (TPSA) is 70.7 Å². The van der Waals surface area contributed by atoms with E-state index in [2.05, 4.69) is 27.0 Å². The Morgan fingerprint density at radius 3 is 2.73 bits per heavy atom. The summed E-state index contributed by atoms with van der Waals surface area (Å²) in [7, 11) is 0. The lowest BCUT2D eigenvalue weighted by Crippen LogP contribution is -2.47. The summed E-state index contributed by atoms with van der Waals surface area (Å²) in [4.78, 5) is 23.5. The maximum Gasteiger partial charge on any atom is 0.246 e. The molecule has 1 aromatic carbocycles. The number of hydrogen-bond donors (Lipinski definition) is 1. The SMILES string of the molecule is O=C(/C=C/c1ncc[nH]1)N1CCN(Cc2ccc3c(c2)OCCO3)CC1. The van der Waals surface area contributed by atoms with E-state index in [1.165, 1.54) is 5.56 Å². The monoisotopic (exact) mass is 354 g/mol. The second-order valence-electron chi connectivity index (χ2n) is 6.39. The first kappa shape index (κ1) is 16.7. The van der Waals surface area contributed by atoms with Crippen LogP contribution in [0.2, 0.25) is 0 Å². The Bertz CT molecular complexity index is 780. The van der Waals surface area contributed by atoms with Crippen LogP contribution in [0.3, 0.4) is 0 Å². The number of benzene rings is 1. The molecule has 7 nitrogen and oxygen atoms in total. The minimum atomic E-state index is 0.0281. The van der Waals surface area contributed by atoms with Crippen molar-refractivity contribution >= 4 is 12.0 Å². The lowest BCUT2D eigenvalue weighted by atomic mass is 10.1. The molecule has 2 aliphatic rings. The van der Waals surface area contributed by atoms with Crippen molar-refractivity contribution in [3.05, 3.63) is 48.1 Å². The van der Waals surface area contributed by atoms with E-state index in [1.54, 1.807) is 24.5 Å². The smallest absolute Gasteiger partial charge is 0.246 e. The molecule has 0 spiro atoms.